The molecule has 0 aliphatic carbocycles. The van der Waals surface area contributed by atoms with Gasteiger partial charge in [0, 0.05) is 0 Å². The predicted molar refractivity (Wildman–Crippen MR) is 44.2 cm³/mol. The molecule has 62 valence electrons. The van der Waals surface area contributed by atoms with Crippen LogP contribution in [0.4, 0.5) is 0 Å². The van der Waals surface area contributed by atoms with E-state index in [2.05, 4.69) is 21.1 Å². The first-order valence-electron chi connectivity index (χ1n) is 3.45. The molecular formula is C7H17ClNO+. The minimum Gasteiger partial charge on any atom is -0.392 e. The molecule has 0 amide bonds. The van der Waals surface area contributed by atoms with E-state index in [0.717, 1.165) is 11.0 Å². The van der Waals surface area contributed by atoms with Crippen LogP contribution in [0.2, 0.25) is 0 Å². The summed E-state index contributed by atoms with van der Waals surface area (Å²) in [5, 5.41) is 8.90. The first-order chi connectivity index (χ1) is 4.33. The van der Waals surface area contributed by atoms with Crippen molar-refractivity contribution in [2.24, 2.45) is 0 Å². The Kier molecular flexibility index (Phi) is 3.63. The van der Waals surface area contributed by atoms with Gasteiger partial charge in [-0.2, -0.15) is 0 Å². The summed E-state index contributed by atoms with van der Waals surface area (Å²) in [6.45, 7) is 2.51. The van der Waals surface area contributed by atoms with Gasteiger partial charge in [0.05, 0.1) is 33.8 Å². The molecule has 2 nitrogen and oxygen atoms in total. The fourth-order valence-corrected chi connectivity index (χ4v) is 1.09. The van der Waals surface area contributed by atoms with E-state index in [4.69, 9.17) is 16.7 Å². The first-order valence-corrected chi connectivity index (χ1v) is 3.89. The molecule has 0 aromatic heterocycles. The van der Waals surface area contributed by atoms with Crippen LogP contribution in [0, 0.1) is 0 Å². The van der Waals surface area contributed by atoms with Crippen LogP contribution in [0.1, 0.15) is 6.92 Å². The molecule has 0 aliphatic rings. The normalized spacial score (nSPS) is 18.6. The van der Waals surface area contributed by atoms with Crippen molar-refractivity contribution in [1.82, 2.24) is 0 Å². The largest absolute Gasteiger partial charge is 0.392 e. The lowest BCUT2D eigenvalue weighted by atomic mass is 10.2. The Morgan fingerprint density at radius 2 is 1.80 bits per heavy atom. The highest BCUT2D eigenvalue weighted by Gasteiger charge is 2.19. The minimum atomic E-state index is -0.418. The molecule has 0 saturated carbocycles. The lowest BCUT2D eigenvalue weighted by Gasteiger charge is -2.27. The fraction of sp³-hybridized carbons (Fsp3) is 1.00. The van der Waals surface area contributed by atoms with Crippen LogP contribution in [0.5, 0.6) is 0 Å². The molecule has 0 aromatic carbocycles. The lowest BCUT2D eigenvalue weighted by molar-refractivity contribution is -0.870. The zero-order chi connectivity index (χ0) is 8.36. The maximum Gasteiger partial charge on any atom is 0.108 e. The van der Waals surface area contributed by atoms with Crippen molar-refractivity contribution < 1.29 is 9.59 Å². The molecule has 0 heterocycles. The molecule has 0 spiro atoms. The highest BCUT2D eigenvalue weighted by Crippen LogP contribution is 2.06. The molecule has 0 saturated heterocycles. The molecule has 2 unspecified atom stereocenters. The van der Waals surface area contributed by atoms with E-state index in [9.17, 15) is 0 Å². The van der Waals surface area contributed by atoms with Crippen LogP contribution >= 0.6 is 11.6 Å². The van der Waals surface area contributed by atoms with Gasteiger partial charge < -0.3 is 9.59 Å². The number of halogens is 1. The third kappa shape index (κ3) is 5.03. The van der Waals surface area contributed by atoms with E-state index < -0.39 is 6.10 Å². The number of aliphatic hydroxyl groups is 1. The van der Waals surface area contributed by atoms with Gasteiger partial charge in [-0.05, 0) is 6.92 Å². The molecule has 2 atom stereocenters. The maximum atomic E-state index is 9.04. The van der Waals surface area contributed by atoms with Crippen molar-refractivity contribution in [3.63, 3.8) is 0 Å². The topological polar surface area (TPSA) is 20.2 Å². The standard InChI is InChI=1S/C7H17ClNO/c1-6(10)7(8)5-9(2,3)4/h6-7,10H,5H2,1-4H3/q+1. The summed E-state index contributed by atoms with van der Waals surface area (Å²) in [7, 11) is 6.16. The van der Waals surface area contributed by atoms with Gasteiger partial charge in [-0.1, -0.05) is 0 Å². The number of aliphatic hydroxyl groups excluding tert-OH is 1. The van der Waals surface area contributed by atoms with E-state index in [1.165, 1.54) is 0 Å². The van der Waals surface area contributed by atoms with Crippen LogP contribution in [-0.2, 0) is 0 Å². The fourth-order valence-electron chi connectivity index (χ4n) is 0.676. The Bertz CT molecular complexity index is 98.3. The van der Waals surface area contributed by atoms with Gasteiger partial charge in [0.1, 0.15) is 5.38 Å². The van der Waals surface area contributed by atoms with Crippen molar-refractivity contribution in [3.8, 4) is 0 Å². The molecule has 1 N–H and O–H groups in total. The zero-order valence-electron chi connectivity index (χ0n) is 7.13. The average Bonchev–Trinajstić information content (AvgIpc) is 1.60. The lowest BCUT2D eigenvalue weighted by Crippen LogP contribution is -2.42. The Morgan fingerprint density at radius 1 is 1.40 bits per heavy atom. The van der Waals surface area contributed by atoms with Gasteiger partial charge >= 0.3 is 0 Å². The maximum absolute atomic E-state index is 9.04. The smallest absolute Gasteiger partial charge is 0.108 e. The summed E-state index contributed by atoms with van der Waals surface area (Å²) in [6.07, 6.45) is -0.418. The summed E-state index contributed by atoms with van der Waals surface area (Å²) < 4.78 is 0.791. The number of quaternary nitrogens is 1. The molecule has 0 fully saturated rings. The third-order valence-electron chi connectivity index (χ3n) is 1.25. The molecule has 10 heavy (non-hydrogen) atoms. The zero-order valence-corrected chi connectivity index (χ0v) is 7.89. The Balaban J connectivity index is 3.68. The van der Waals surface area contributed by atoms with Crippen LogP contribution in [0.15, 0.2) is 0 Å². The molecule has 0 bridgehead atoms. The summed E-state index contributed by atoms with van der Waals surface area (Å²) >= 11 is 5.83. The monoisotopic (exact) mass is 166 g/mol. The molecule has 0 aliphatic heterocycles. The minimum absolute atomic E-state index is 0.139. The van der Waals surface area contributed by atoms with Gasteiger partial charge in [-0.3, -0.25) is 0 Å². The van der Waals surface area contributed by atoms with E-state index in [1.54, 1.807) is 6.92 Å². The van der Waals surface area contributed by atoms with Crippen molar-refractivity contribution in [2.45, 2.75) is 18.4 Å². The quantitative estimate of drug-likeness (QED) is 0.483. The SMILES string of the molecule is CC(O)C(Cl)C[N+](C)(C)C. The highest BCUT2D eigenvalue weighted by molar-refractivity contribution is 6.21. The summed E-state index contributed by atoms with van der Waals surface area (Å²) in [5.74, 6) is 0. The van der Waals surface area contributed by atoms with Gasteiger partial charge in [-0.25, -0.2) is 0 Å². The van der Waals surface area contributed by atoms with Gasteiger partial charge in [0.15, 0.2) is 0 Å². The van der Waals surface area contributed by atoms with Crippen molar-refractivity contribution in [3.05, 3.63) is 0 Å². The van der Waals surface area contributed by atoms with Crippen LogP contribution < -0.4 is 0 Å². The average molecular weight is 167 g/mol. The van der Waals surface area contributed by atoms with Crippen molar-refractivity contribution >= 4 is 11.6 Å². The van der Waals surface area contributed by atoms with Crippen molar-refractivity contribution in [1.29, 1.82) is 0 Å². The number of hydrogen-bond acceptors (Lipinski definition) is 1. The van der Waals surface area contributed by atoms with Crippen LogP contribution in [0.25, 0.3) is 0 Å². The van der Waals surface area contributed by atoms with E-state index >= 15 is 0 Å². The predicted octanol–water partition coefficient (Wildman–Crippen LogP) is 0.681. The summed E-state index contributed by atoms with van der Waals surface area (Å²) in [5.41, 5.74) is 0. The summed E-state index contributed by atoms with van der Waals surface area (Å²) in [6, 6.07) is 0. The Labute approximate surface area is 68.0 Å². The van der Waals surface area contributed by atoms with E-state index in [-0.39, 0.29) is 5.38 Å². The van der Waals surface area contributed by atoms with Gasteiger partial charge in [0.25, 0.3) is 0 Å². The molecule has 3 heteroatoms. The molecule has 0 radical (unpaired) electrons. The first kappa shape index (κ1) is 10.2. The third-order valence-corrected chi connectivity index (χ3v) is 1.75. The van der Waals surface area contributed by atoms with Crippen LogP contribution in [-0.4, -0.2) is 48.8 Å². The van der Waals surface area contributed by atoms with Crippen molar-refractivity contribution in [2.75, 3.05) is 27.7 Å². The van der Waals surface area contributed by atoms with E-state index in [1.807, 2.05) is 0 Å². The molecule has 0 rings (SSSR count). The summed E-state index contributed by atoms with van der Waals surface area (Å²) in [4.78, 5) is 0. The second-order valence-corrected chi connectivity index (χ2v) is 4.29. The van der Waals surface area contributed by atoms with Gasteiger partial charge in [-0.15, -0.1) is 11.6 Å². The second kappa shape index (κ2) is 3.56. The number of nitrogens with zero attached hydrogens (tertiary/aromatic N) is 1. The number of alkyl halides is 1. The molecule has 0 aromatic rings. The number of hydrogen-bond donors (Lipinski definition) is 1. The molecular weight excluding hydrogens is 150 g/mol. The van der Waals surface area contributed by atoms with E-state index in [0.29, 0.717) is 0 Å². The second-order valence-electron chi connectivity index (χ2n) is 3.73. The Morgan fingerprint density at radius 3 is 1.90 bits per heavy atom. The van der Waals surface area contributed by atoms with Crippen LogP contribution in [0.3, 0.4) is 0 Å². The Hall–Kier alpha value is 0.210. The number of rotatable bonds is 3. The highest BCUT2D eigenvalue weighted by atomic mass is 35.5. The van der Waals surface area contributed by atoms with Gasteiger partial charge in [0.2, 0.25) is 0 Å².